The van der Waals surface area contributed by atoms with E-state index in [4.69, 9.17) is 9.84 Å². The quantitative estimate of drug-likeness (QED) is 0.345. The number of likely N-dealkylation sites (N-methyl/N-ethyl adjacent to an activating group) is 1. The van der Waals surface area contributed by atoms with Crippen LogP contribution in [0.2, 0.25) is 0 Å². The fourth-order valence-electron chi connectivity index (χ4n) is 4.68. The third kappa shape index (κ3) is 5.27. The number of pyridine rings is 1. The minimum Gasteiger partial charge on any atom is -0.383 e. The van der Waals surface area contributed by atoms with Gasteiger partial charge in [0.25, 0.3) is 5.91 Å². The van der Waals surface area contributed by atoms with Gasteiger partial charge in [-0.05, 0) is 54.3 Å². The highest BCUT2D eigenvalue weighted by Crippen LogP contribution is 2.43. The maximum Gasteiger partial charge on any atom is 0.283 e. The molecule has 0 saturated heterocycles. The molecule has 0 spiro atoms. The summed E-state index contributed by atoms with van der Waals surface area (Å²) in [6.45, 7) is 1.37. The van der Waals surface area contributed by atoms with E-state index in [2.05, 4.69) is 14.6 Å². The third-order valence-electron chi connectivity index (χ3n) is 6.92. The number of carbonyl (C=O) groups excluding carboxylic acids is 1. The van der Waals surface area contributed by atoms with Crippen LogP contribution < -0.4 is 9.62 Å². The van der Waals surface area contributed by atoms with Gasteiger partial charge in [-0.25, -0.2) is 22.8 Å². The molecule has 0 bridgehead atoms. The summed E-state index contributed by atoms with van der Waals surface area (Å²) in [5.74, 6) is -0.476. The maximum absolute atomic E-state index is 13.0. The number of nitrogens with zero attached hydrogens (tertiary/aromatic N) is 4. The maximum atomic E-state index is 13.0. The largest absolute Gasteiger partial charge is 0.383 e. The van der Waals surface area contributed by atoms with E-state index in [1.807, 2.05) is 61.6 Å². The number of methoxy groups -OCH3 is 1. The highest BCUT2D eigenvalue weighted by molar-refractivity contribution is 7.89. The molecule has 1 aliphatic rings. The van der Waals surface area contributed by atoms with Gasteiger partial charge in [-0.15, -0.1) is 0 Å². The number of fused-ring (bicyclic) bond motifs is 1. The fraction of sp³-hybridized carbons (Fsp3) is 0.321. The number of ether oxygens (including phenoxy) is 1. The SMILES string of the molecule is COCCN(C)c1ccc(-c2cc(C(=O)NS(C)(=O)=O)nc3c2c(C2CCC2)nn3-c2ccccc2)cc1. The predicted octanol–water partition coefficient (Wildman–Crippen LogP) is 4.13. The number of para-hydroxylation sites is 1. The van der Waals surface area contributed by atoms with Crippen LogP contribution in [0.3, 0.4) is 0 Å². The number of nitrogens with one attached hydrogen (secondary N) is 1. The standard InChI is InChI=1S/C28H31N5O4S/c1-32(16-17-37-2)21-14-12-19(13-15-21)23-18-24(28(34)31-38(3,35)36)29-27-25(23)26(20-8-7-9-20)30-33(27)22-10-5-4-6-11-22/h4-6,10-15,18,20H,7-9,16-17H2,1-3H3,(H,31,34). The van der Waals surface area contributed by atoms with Crippen LogP contribution in [0.15, 0.2) is 60.7 Å². The molecule has 0 aliphatic heterocycles. The summed E-state index contributed by atoms with van der Waals surface area (Å²) in [5, 5.41) is 5.89. The van der Waals surface area contributed by atoms with Gasteiger partial charge in [0, 0.05) is 32.3 Å². The molecule has 1 saturated carbocycles. The molecular weight excluding hydrogens is 502 g/mol. The number of hydrogen-bond donors (Lipinski definition) is 1. The summed E-state index contributed by atoms with van der Waals surface area (Å²) in [7, 11) is -0.0843. The topological polar surface area (TPSA) is 106 Å². The monoisotopic (exact) mass is 533 g/mol. The molecule has 1 N–H and O–H groups in total. The molecule has 1 aliphatic carbocycles. The van der Waals surface area contributed by atoms with Crippen LogP contribution >= 0.6 is 0 Å². The Labute approximate surface area is 222 Å². The summed E-state index contributed by atoms with van der Waals surface area (Å²) >= 11 is 0. The Kier molecular flexibility index (Phi) is 7.18. The van der Waals surface area contributed by atoms with Gasteiger partial charge < -0.3 is 9.64 Å². The Morgan fingerprint density at radius 2 is 1.84 bits per heavy atom. The van der Waals surface area contributed by atoms with Gasteiger partial charge in [-0.3, -0.25) is 4.79 Å². The highest BCUT2D eigenvalue weighted by atomic mass is 32.2. The summed E-state index contributed by atoms with van der Waals surface area (Å²) in [4.78, 5) is 19.8. The molecule has 10 heteroatoms. The molecular formula is C28H31N5O4S. The first-order chi connectivity index (χ1) is 18.2. The molecule has 0 atom stereocenters. The number of aromatic nitrogens is 3. The van der Waals surface area contributed by atoms with Gasteiger partial charge in [-0.1, -0.05) is 36.8 Å². The zero-order valence-electron chi connectivity index (χ0n) is 21.7. The predicted molar refractivity (Wildman–Crippen MR) is 148 cm³/mol. The van der Waals surface area contributed by atoms with E-state index in [1.54, 1.807) is 17.9 Å². The average molecular weight is 534 g/mol. The van der Waals surface area contributed by atoms with Crippen molar-refractivity contribution >= 4 is 32.7 Å². The second-order valence-corrected chi connectivity index (χ2v) is 11.4. The second-order valence-electron chi connectivity index (χ2n) is 9.68. The molecule has 38 heavy (non-hydrogen) atoms. The van der Waals surface area contributed by atoms with Crippen molar-refractivity contribution < 1.29 is 17.9 Å². The number of hydrogen-bond acceptors (Lipinski definition) is 7. The normalized spacial score (nSPS) is 13.9. The molecule has 198 valence electrons. The minimum atomic E-state index is -3.77. The van der Waals surface area contributed by atoms with Crippen LogP contribution in [-0.4, -0.2) is 62.7 Å². The van der Waals surface area contributed by atoms with Gasteiger partial charge in [0.2, 0.25) is 10.0 Å². The van der Waals surface area contributed by atoms with E-state index in [0.717, 1.165) is 65.6 Å². The Hall–Kier alpha value is -3.76. The van der Waals surface area contributed by atoms with Crippen molar-refractivity contribution in [2.75, 3.05) is 38.5 Å². The first-order valence-corrected chi connectivity index (χ1v) is 14.5. The van der Waals surface area contributed by atoms with E-state index in [9.17, 15) is 13.2 Å². The average Bonchev–Trinajstić information content (AvgIpc) is 3.24. The van der Waals surface area contributed by atoms with Crippen LogP contribution in [0.25, 0.3) is 27.8 Å². The van der Waals surface area contributed by atoms with E-state index >= 15 is 0 Å². The van der Waals surface area contributed by atoms with E-state index in [0.29, 0.717) is 18.2 Å². The van der Waals surface area contributed by atoms with Crippen molar-refractivity contribution in [2.45, 2.75) is 25.2 Å². The van der Waals surface area contributed by atoms with Gasteiger partial charge in [-0.2, -0.15) is 5.10 Å². The van der Waals surface area contributed by atoms with Crippen molar-refractivity contribution in [3.8, 4) is 16.8 Å². The number of benzene rings is 2. The number of sulfonamides is 1. The lowest BCUT2D eigenvalue weighted by Gasteiger charge is -2.24. The highest BCUT2D eigenvalue weighted by Gasteiger charge is 2.29. The molecule has 9 nitrogen and oxygen atoms in total. The lowest BCUT2D eigenvalue weighted by Crippen LogP contribution is -2.30. The zero-order valence-corrected chi connectivity index (χ0v) is 22.5. The Morgan fingerprint density at radius 1 is 1.13 bits per heavy atom. The molecule has 1 fully saturated rings. The third-order valence-corrected chi connectivity index (χ3v) is 7.47. The number of amides is 1. The summed E-state index contributed by atoms with van der Waals surface area (Å²) in [5.41, 5.74) is 5.02. The summed E-state index contributed by atoms with van der Waals surface area (Å²) in [6, 6.07) is 19.4. The van der Waals surface area contributed by atoms with Gasteiger partial charge >= 0.3 is 0 Å². The van der Waals surface area contributed by atoms with Crippen molar-refractivity contribution in [1.29, 1.82) is 0 Å². The van der Waals surface area contributed by atoms with Crippen LogP contribution in [-0.2, 0) is 14.8 Å². The fourth-order valence-corrected chi connectivity index (χ4v) is 5.12. The van der Waals surface area contributed by atoms with Gasteiger partial charge in [0.05, 0.1) is 29.6 Å². The van der Waals surface area contributed by atoms with Crippen molar-refractivity contribution in [3.63, 3.8) is 0 Å². The molecule has 0 unspecified atom stereocenters. The first kappa shape index (κ1) is 25.9. The molecule has 1 amide bonds. The molecule has 2 aromatic carbocycles. The summed E-state index contributed by atoms with van der Waals surface area (Å²) in [6.07, 6.45) is 4.18. The lowest BCUT2D eigenvalue weighted by atomic mass is 9.81. The molecule has 2 heterocycles. The lowest BCUT2D eigenvalue weighted by molar-refractivity contribution is 0.0977. The van der Waals surface area contributed by atoms with Crippen LogP contribution in [0, 0.1) is 0 Å². The Morgan fingerprint density at radius 3 is 2.45 bits per heavy atom. The first-order valence-electron chi connectivity index (χ1n) is 12.6. The van der Waals surface area contributed by atoms with Crippen LogP contribution in [0.1, 0.15) is 41.4 Å². The molecule has 2 aromatic heterocycles. The Bertz CT molecular complexity index is 1560. The van der Waals surface area contributed by atoms with Gasteiger partial charge in [0.1, 0.15) is 5.69 Å². The van der Waals surface area contributed by atoms with E-state index in [-0.39, 0.29) is 5.69 Å². The smallest absolute Gasteiger partial charge is 0.283 e. The minimum absolute atomic E-state index is 0.0106. The van der Waals surface area contributed by atoms with E-state index < -0.39 is 15.9 Å². The zero-order chi connectivity index (χ0) is 26.9. The van der Waals surface area contributed by atoms with Gasteiger partial charge in [0.15, 0.2) is 5.65 Å². The molecule has 0 radical (unpaired) electrons. The summed E-state index contributed by atoms with van der Waals surface area (Å²) < 4.78 is 32.7. The second kappa shape index (κ2) is 10.5. The Balaban J connectivity index is 1.71. The number of rotatable bonds is 9. The van der Waals surface area contributed by atoms with Crippen LogP contribution in [0.4, 0.5) is 5.69 Å². The number of carbonyl (C=O) groups is 1. The molecule has 4 aromatic rings. The van der Waals surface area contributed by atoms with Crippen molar-refractivity contribution in [2.24, 2.45) is 0 Å². The number of anilines is 1. The van der Waals surface area contributed by atoms with Crippen molar-refractivity contribution in [1.82, 2.24) is 19.5 Å². The molecule has 5 rings (SSSR count). The van der Waals surface area contributed by atoms with E-state index in [1.165, 1.54) is 0 Å². The van der Waals surface area contributed by atoms with Crippen molar-refractivity contribution in [3.05, 3.63) is 72.1 Å². The van der Waals surface area contributed by atoms with Crippen LogP contribution in [0.5, 0.6) is 0 Å².